The van der Waals surface area contributed by atoms with Crippen LogP contribution in [-0.2, 0) is 0 Å². The largest absolute Gasteiger partial charge is 0.386 e. The lowest BCUT2D eigenvalue weighted by molar-refractivity contribution is -0.111. The van der Waals surface area contributed by atoms with E-state index < -0.39 is 5.60 Å². The molecular weight excluding hydrogens is 208 g/mol. The summed E-state index contributed by atoms with van der Waals surface area (Å²) in [7, 11) is 0. The Bertz CT molecular complexity index is 405. The Kier molecular flexibility index (Phi) is 2.50. The highest BCUT2D eigenvalue weighted by molar-refractivity contribution is 5.93. The zero-order chi connectivity index (χ0) is 11.9. The molecule has 0 bridgehead atoms. The van der Waals surface area contributed by atoms with Crippen molar-refractivity contribution in [3.63, 3.8) is 0 Å². The van der Waals surface area contributed by atoms with Gasteiger partial charge in [0.2, 0.25) is 5.76 Å². The molecule has 1 aromatic rings. The van der Waals surface area contributed by atoms with Crippen LogP contribution in [0.1, 0.15) is 30.0 Å². The second kappa shape index (κ2) is 3.59. The van der Waals surface area contributed by atoms with Gasteiger partial charge in [-0.25, -0.2) is 0 Å². The standard InChI is InChI=1S/C11H16N2O3/c1-7(2)11(15)5-13(6-11)10(14)9-8(3)4-12-16-9/h4,7,15H,5-6H2,1-3H3. The Morgan fingerprint density at radius 2 is 2.25 bits per heavy atom. The smallest absolute Gasteiger partial charge is 0.292 e. The van der Waals surface area contributed by atoms with E-state index >= 15 is 0 Å². The molecule has 0 saturated carbocycles. The number of nitrogens with zero attached hydrogens (tertiary/aromatic N) is 2. The molecule has 0 unspecified atom stereocenters. The first-order chi connectivity index (χ1) is 7.44. The zero-order valence-corrected chi connectivity index (χ0v) is 9.73. The third-order valence-electron chi connectivity index (χ3n) is 3.23. The number of carbonyl (C=O) groups excluding carboxylic acids is 1. The summed E-state index contributed by atoms with van der Waals surface area (Å²) in [6.07, 6.45) is 1.52. The lowest BCUT2D eigenvalue weighted by Gasteiger charge is -2.48. The van der Waals surface area contributed by atoms with E-state index in [1.54, 1.807) is 11.8 Å². The van der Waals surface area contributed by atoms with Crippen LogP contribution in [0.25, 0.3) is 0 Å². The van der Waals surface area contributed by atoms with Crippen LogP contribution < -0.4 is 0 Å². The summed E-state index contributed by atoms with van der Waals surface area (Å²) in [5.41, 5.74) is -0.0196. The summed E-state index contributed by atoms with van der Waals surface area (Å²) in [6.45, 7) is 6.40. The second-order valence-corrected chi connectivity index (χ2v) is 4.76. The van der Waals surface area contributed by atoms with Crippen molar-refractivity contribution < 1.29 is 14.4 Å². The fourth-order valence-corrected chi connectivity index (χ4v) is 1.76. The Hall–Kier alpha value is -1.36. The van der Waals surface area contributed by atoms with Crippen molar-refractivity contribution in [2.75, 3.05) is 13.1 Å². The van der Waals surface area contributed by atoms with Gasteiger partial charge in [0.25, 0.3) is 5.91 Å². The number of rotatable bonds is 2. The molecule has 5 heteroatoms. The van der Waals surface area contributed by atoms with Crippen LogP contribution in [0.3, 0.4) is 0 Å². The van der Waals surface area contributed by atoms with Crippen molar-refractivity contribution in [3.05, 3.63) is 17.5 Å². The van der Waals surface area contributed by atoms with Crippen LogP contribution in [0, 0.1) is 12.8 Å². The molecule has 1 aliphatic rings. The Morgan fingerprint density at radius 3 is 2.69 bits per heavy atom. The van der Waals surface area contributed by atoms with Gasteiger partial charge in [0.05, 0.1) is 19.3 Å². The highest BCUT2D eigenvalue weighted by Gasteiger charge is 2.46. The zero-order valence-electron chi connectivity index (χ0n) is 9.73. The van der Waals surface area contributed by atoms with Gasteiger partial charge in [-0.1, -0.05) is 19.0 Å². The quantitative estimate of drug-likeness (QED) is 0.807. The lowest BCUT2D eigenvalue weighted by atomic mass is 9.83. The van der Waals surface area contributed by atoms with Crippen LogP contribution >= 0.6 is 0 Å². The molecule has 1 fully saturated rings. The summed E-state index contributed by atoms with van der Waals surface area (Å²) in [5, 5.41) is 13.6. The highest BCUT2D eigenvalue weighted by atomic mass is 16.5. The molecule has 1 saturated heterocycles. The third-order valence-corrected chi connectivity index (χ3v) is 3.23. The molecule has 0 aromatic carbocycles. The minimum atomic E-state index is -0.746. The van der Waals surface area contributed by atoms with Gasteiger partial charge in [0.15, 0.2) is 0 Å². The van der Waals surface area contributed by atoms with Crippen LogP contribution in [0.5, 0.6) is 0 Å². The fourth-order valence-electron chi connectivity index (χ4n) is 1.76. The van der Waals surface area contributed by atoms with Crippen molar-refractivity contribution in [1.82, 2.24) is 10.1 Å². The van der Waals surface area contributed by atoms with Crippen molar-refractivity contribution in [1.29, 1.82) is 0 Å². The molecule has 2 rings (SSSR count). The monoisotopic (exact) mass is 224 g/mol. The maximum atomic E-state index is 11.9. The van der Waals surface area contributed by atoms with Crippen molar-refractivity contribution in [2.45, 2.75) is 26.4 Å². The SMILES string of the molecule is Cc1cnoc1C(=O)N1CC(O)(C(C)C)C1. The van der Waals surface area contributed by atoms with E-state index in [9.17, 15) is 9.90 Å². The molecule has 0 radical (unpaired) electrons. The van der Waals surface area contributed by atoms with E-state index in [4.69, 9.17) is 4.52 Å². The molecule has 2 heterocycles. The molecule has 5 nitrogen and oxygen atoms in total. The molecule has 1 N–H and O–H groups in total. The maximum absolute atomic E-state index is 11.9. The van der Waals surface area contributed by atoms with Gasteiger partial charge in [0.1, 0.15) is 5.60 Å². The van der Waals surface area contributed by atoms with Crippen LogP contribution in [-0.4, -0.2) is 39.8 Å². The number of aryl methyl sites for hydroxylation is 1. The average Bonchev–Trinajstić information content (AvgIpc) is 2.58. The van der Waals surface area contributed by atoms with E-state index in [1.807, 2.05) is 13.8 Å². The van der Waals surface area contributed by atoms with Crippen molar-refractivity contribution >= 4 is 5.91 Å². The fraction of sp³-hybridized carbons (Fsp3) is 0.636. The Balaban J connectivity index is 2.04. The van der Waals surface area contributed by atoms with Crippen LogP contribution in [0.15, 0.2) is 10.7 Å². The van der Waals surface area contributed by atoms with E-state index in [2.05, 4.69) is 5.16 Å². The van der Waals surface area contributed by atoms with Crippen LogP contribution in [0.4, 0.5) is 0 Å². The van der Waals surface area contributed by atoms with Gasteiger partial charge in [-0.3, -0.25) is 4.79 Å². The molecule has 0 spiro atoms. The summed E-state index contributed by atoms with van der Waals surface area (Å²) < 4.78 is 4.89. The molecule has 16 heavy (non-hydrogen) atoms. The molecule has 1 aromatic heterocycles. The molecule has 1 aliphatic heterocycles. The van der Waals surface area contributed by atoms with Gasteiger partial charge in [-0.05, 0) is 12.8 Å². The summed E-state index contributed by atoms with van der Waals surface area (Å²) in [4.78, 5) is 13.5. The molecular formula is C11H16N2O3. The molecule has 88 valence electrons. The minimum Gasteiger partial charge on any atom is -0.386 e. The molecule has 1 amide bonds. The van der Waals surface area contributed by atoms with Gasteiger partial charge in [0, 0.05) is 5.56 Å². The van der Waals surface area contributed by atoms with Crippen LogP contribution in [0.2, 0.25) is 0 Å². The first-order valence-corrected chi connectivity index (χ1v) is 5.37. The average molecular weight is 224 g/mol. The first kappa shape index (κ1) is 11.1. The summed E-state index contributed by atoms with van der Waals surface area (Å²) >= 11 is 0. The maximum Gasteiger partial charge on any atom is 0.292 e. The number of likely N-dealkylation sites (tertiary alicyclic amines) is 1. The summed E-state index contributed by atoms with van der Waals surface area (Å²) in [6, 6.07) is 0. The number of amides is 1. The first-order valence-electron chi connectivity index (χ1n) is 5.37. The summed E-state index contributed by atoms with van der Waals surface area (Å²) in [5.74, 6) is 0.221. The normalized spacial score (nSPS) is 18.7. The molecule has 0 atom stereocenters. The topological polar surface area (TPSA) is 66.6 Å². The number of β-amino-alcohol motifs (C(OH)–C–C–N with tert-alkyl or cyclic N) is 1. The van der Waals surface area contributed by atoms with Gasteiger partial charge in [-0.15, -0.1) is 0 Å². The number of aromatic nitrogens is 1. The highest BCUT2D eigenvalue weighted by Crippen LogP contribution is 2.30. The third kappa shape index (κ3) is 1.61. The van der Waals surface area contributed by atoms with Gasteiger partial charge < -0.3 is 14.5 Å². The Morgan fingerprint density at radius 1 is 1.62 bits per heavy atom. The van der Waals surface area contributed by atoms with E-state index in [-0.39, 0.29) is 17.6 Å². The molecule has 0 aliphatic carbocycles. The van der Waals surface area contributed by atoms with E-state index in [1.165, 1.54) is 6.20 Å². The van der Waals surface area contributed by atoms with E-state index in [0.717, 1.165) is 5.56 Å². The van der Waals surface area contributed by atoms with Crippen molar-refractivity contribution in [2.24, 2.45) is 5.92 Å². The predicted octanol–water partition coefficient (Wildman–Crippen LogP) is 0.826. The lowest BCUT2D eigenvalue weighted by Crippen LogP contribution is -2.65. The number of hydrogen-bond donors (Lipinski definition) is 1. The van der Waals surface area contributed by atoms with E-state index in [0.29, 0.717) is 13.1 Å². The number of carbonyl (C=O) groups is 1. The second-order valence-electron chi connectivity index (χ2n) is 4.76. The Labute approximate surface area is 94.0 Å². The van der Waals surface area contributed by atoms with Crippen molar-refractivity contribution in [3.8, 4) is 0 Å². The number of aliphatic hydroxyl groups is 1. The minimum absolute atomic E-state index is 0.146. The number of hydrogen-bond acceptors (Lipinski definition) is 4. The van der Waals surface area contributed by atoms with Gasteiger partial charge in [-0.2, -0.15) is 0 Å². The van der Waals surface area contributed by atoms with Gasteiger partial charge >= 0.3 is 0 Å². The predicted molar refractivity (Wildman–Crippen MR) is 56.9 cm³/mol.